The Morgan fingerprint density at radius 3 is 2.72 bits per heavy atom. The molecule has 0 saturated carbocycles. The number of aliphatic imine (C=N–C) groups is 1. The Balaban J connectivity index is 2.17. The molecule has 130 valence electrons. The Kier molecular flexibility index (Phi) is 4.93. The van der Waals surface area contributed by atoms with Crippen LogP contribution in [0.5, 0.6) is 0 Å². The number of rotatable bonds is 3. The second kappa shape index (κ2) is 7.14. The van der Waals surface area contributed by atoms with Gasteiger partial charge in [-0.15, -0.1) is 4.80 Å². The quantitative estimate of drug-likeness (QED) is 0.622. The van der Waals surface area contributed by atoms with Gasteiger partial charge in [0.15, 0.2) is 0 Å². The maximum Gasteiger partial charge on any atom is 0.338 e. The average molecular weight is 408 g/mol. The van der Waals surface area contributed by atoms with Crippen LogP contribution >= 0.6 is 15.9 Å². The minimum atomic E-state index is -0.664. The standard InChI is InChI=1S/C16H15BrFN5O2/c1-9-7-10(18)3-4-11(9)14-13(15(24)25-2)12(8-17)21-16(22-14)23-19-5-6-20-23/h3-7,14H,8H2,1-2H3,(H,21,22)/t14-/m0/s1. The van der Waals surface area contributed by atoms with Gasteiger partial charge in [-0.3, -0.25) is 0 Å². The van der Waals surface area contributed by atoms with Crippen molar-refractivity contribution in [3.63, 3.8) is 0 Å². The number of carbonyl (C=O) groups excluding carboxylic acids is 1. The molecule has 0 amide bonds. The van der Waals surface area contributed by atoms with Crippen molar-refractivity contribution in [1.82, 2.24) is 20.3 Å². The topological polar surface area (TPSA) is 81.4 Å². The highest BCUT2D eigenvalue weighted by Gasteiger charge is 2.32. The van der Waals surface area contributed by atoms with Crippen LogP contribution in [-0.2, 0) is 9.53 Å². The minimum Gasteiger partial charge on any atom is -0.466 e. The number of aryl methyl sites for hydroxylation is 1. The highest BCUT2D eigenvalue weighted by atomic mass is 79.9. The summed E-state index contributed by atoms with van der Waals surface area (Å²) in [5.41, 5.74) is 2.32. The van der Waals surface area contributed by atoms with E-state index in [0.717, 1.165) is 0 Å². The van der Waals surface area contributed by atoms with Gasteiger partial charge in [-0.2, -0.15) is 10.2 Å². The third-order valence-corrected chi connectivity index (χ3v) is 4.35. The van der Waals surface area contributed by atoms with Crippen LogP contribution in [0, 0.1) is 12.7 Å². The van der Waals surface area contributed by atoms with E-state index in [-0.39, 0.29) is 5.82 Å². The summed E-state index contributed by atoms with van der Waals surface area (Å²) < 4.78 is 18.4. The Hall–Kier alpha value is -2.55. The van der Waals surface area contributed by atoms with Crippen molar-refractivity contribution in [2.75, 3.05) is 12.4 Å². The maximum atomic E-state index is 13.5. The molecule has 0 unspecified atom stereocenters. The van der Waals surface area contributed by atoms with Crippen LogP contribution in [0.15, 0.2) is 46.9 Å². The van der Waals surface area contributed by atoms with Crippen LogP contribution in [-0.4, -0.2) is 39.4 Å². The fourth-order valence-corrected chi connectivity index (χ4v) is 3.08. The number of methoxy groups -OCH3 is 1. The smallest absolute Gasteiger partial charge is 0.338 e. The third kappa shape index (κ3) is 3.32. The van der Waals surface area contributed by atoms with E-state index in [1.54, 1.807) is 13.0 Å². The van der Waals surface area contributed by atoms with Crippen molar-refractivity contribution in [2.45, 2.75) is 13.0 Å². The predicted octanol–water partition coefficient (Wildman–Crippen LogP) is 2.10. The molecule has 3 rings (SSSR count). The van der Waals surface area contributed by atoms with Gasteiger partial charge >= 0.3 is 5.97 Å². The highest BCUT2D eigenvalue weighted by molar-refractivity contribution is 9.09. The highest BCUT2D eigenvalue weighted by Crippen LogP contribution is 2.34. The van der Waals surface area contributed by atoms with Crippen molar-refractivity contribution in [2.24, 2.45) is 4.99 Å². The first-order valence-corrected chi connectivity index (χ1v) is 8.52. The molecule has 0 radical (unpaired) electrons. The summed E-state index contributed by atoms with van der Waals surface area (Å²) in [6.45, 7) is 1.77. The number of hydrogen-bond acceptors (Lipinski definition) is 6. The molecular formula is C16H15BrFN5O2. The van der Waals surface area contributed by atoms with Gasteiger partial charge in [-0.05, 0) is 30.2 Å². The number of ether oxygens (including phenoxy) is 1. The van der Waals surface area contributed by atoms with E-state index < -0.39 is 12.0 Å². The molecule has 2 aromatic rings. The summed E-state index contributed by atoms with van der Waals surface area (Å²) in [6, 6.07) is 3.70. The Morgan fingerprint density at radius 2 is 2.12 bits per heavy atom. The van der Waals surface area contributed by atoms with E-state index in [9.17, 15) is 9.18 Å². The molecule has 9 heteroatoms. The zero-order valence-corrected chi connectivity index (χ0v) is 15.1. The summed E-state index contributed by atoms with van der Waals surface area (Å²) in [5.74, 6) is -0.495. The molecule has 0 bridgehead atoms. The summed E-state index contributed by atoms with van der Waals surface area (Å²) >= 11 is 3.38. The SMILES string of the molecule is COC(=O)C1=C(CBr)NC(n2nccn2)=N[C@H]1c1ccc(F)cc1C. The summed E-state index contributed by atoms with van der Waals surface area (Å²) in [5, 5.41) is 11.5. The molecule has 1 aliphatic rings. The van der Waals surface area contributed by atoms with Gasteiger partial charge in [0.25, 0.3) is 0 Å². The van der Waals surface area contributed by atoms with Crippen molar-refractivity contribution < 1.29 is 13.9 Å². The molecular weight excluding hydrogens is 393 g/mol. The lowest BCUT2D eigenvalue weighted by molar-refractivity contribution is -0.136. The Bertz CT molecular complexity index is 863. The molecule has 2 heterocycles. The first-order valence-electron chi connectivity index (χ1n) is 7.40. The summed E-state index contributed by atoms with van der Waals surface area (Å²) in [6.07, 6.45) is 3.05. The first-order chi connectivity index (χ1) is 12.0. The van der Waals surface area contributed by atoms with Gasteiger partial charge in [0, 0.05) is 11.0 Å². The average Bonchev–Trinajstić information content (AvgIpc) is 3.14. The van der Waals surface area contributed by atoms with Crippen LogP contribution < -0.4 is 5.32 Å². The number of alkyl halides is 1. The van der Waals surface area contributed by atoms with Crippen molar-refractivity contribution in [3.05, 3.63) is 58.8 Å². The summed E-state index contributed by atoms with van der Waals surface area (Å²) in [4.78, 5) is 18.3. The zero-order chi connectivity index (χ0) is 18.0. The van der Waals surface area contributed by atoms with Gasteiger partial charge in [0.05, 0.1) is 25.1 Å². The van der Waals surface area contributed by atoms with Crippen LogP contribution in [0.1, 0.15) is 17.2 Å². The van der Waals surface area contributed by atoms with Gasteiger partial charge in [-0.1, -0.05) is 22.0 Å². The number of hydrogen-bond donors (Lipinski definition) is 1. The number of nitrogens with zero attached hydrogens (tertiary/aromatic N) is 4. The molecule has 0 aliphatic carbocycles. The van der Waals surface area contributed by atoms with E-state index in [0.29, 0.717) is 33.7 Å². The van der Waals surface area contributed by atoms with Crippen LogP contribution in [0.25, 0.3) is 0 Å². The number of aromatic nitrogens is 3. The second-order valence-electron chi connectivity index (χ2n) is 5.32. The molecule has 25 heavy (non-hydrogen) atoms. The molecule has 1 aromatic heterocycles. The second-order valence-corrected chi connectivity index (χ2v) is 5.88. The Labute approximate surface area is 151 Å². The van der Waals surface area contributed by atoms with Crippen LogP contribution in [0.4, 0.5) is 4.39 Å². The number of carbonyl (C=O) groups is 1. The van der Waals surface area contributed by atoms with Gasteiger partial charge in [-0.25, -0.2) is 14.2 Å². The first kappa shape index (κ1) is 17.3. The lowest BCUT2D eigenvalue weighted by Gasteiger charge is -2.26. The van der Waals surface area contributed by atoms with E-state index in [2.05, 4.69) is 36.4 Å². The number of esters is 1. The summed E-state index contributed by atoms with van der Waals surface area (Å²) in [7, 11) is 1.31. The van der Waals surface area contributed by atoms with E-state index in [1.807, 2.05) is 0 Å². The van der Waals surface area contributed by atoms with Crippen LogP contribution in [0.2, 0.25) is 0 Å². The molecule has 1 aliphatic heterocycles. The molecule has 0 saturated heterocycles. The van der Waals surface area contributed by atoms with Gasteiger partial charge < -0.3 is 10.1 Å². The third-order valence-electron chi connectivity index (χ3n) is 3.79. The van der Waals surface area contributed by atoms with Gasteiger partial charge in [0.2, 0.25) is 5.96 Å². The van der Waals surface area contributed by atoms with Crippen molar-refractivity contribution in [1.29, 1.82) is 0 Å². The molecule has 1 atom stereocenters. The number of nitrogens with one attached hydrogen (secondary N) is 1. The number of benzene rings is 1. The van der Waals surface area contributed by atoms with E-state index in [4.69, 9.17) is 4.74 Å². The molecule has 1 aromatic carbocycles. The predicted molar refractivity (Wildman–Crippen MR) is 92.7 cm³/mol. The lowest BCUT2D eigenvalue weighted by atomic mass is 9.93. The van der Waals surface area contributed by atoms with Crippen LogP contribution in [0.3, 0.4) is 0 Å². The number of halogens is 2. The maximum absolute atomic E-state index is 13.5. The molecule has 1 N–H and O–H groups in total. The monoisotopic (exact) mass is 407 g/mol. The van der Waals surface area contributed by atoms with E-state index >= 15 is 0 Å². The fraction of sp³-hybridized carbons (Fsp3) is 0.250. The number of allylic oxidation sites excluding steroid dienone is 1. The van der Waals surface area contributed by atoms with E-state index in [1.165, 1.54) is 36.4 Å². The Morgan fingerprint density at radius 1 is 1.40 bits per heavy atom. The van der Waals surface area contributed by atoms with Crippen molar-refractivity contribution >= 4 is 27.9 Å². The lowest BCUT2D eigenvalue weighted by Crippen LogP contribution is -2.39. The van der Waals surface area contributed by atoms with Gasteiger partial charge in [0.1, 0.15) is 11.9 Å². The largest absolute Gasteiger partial charge is 0.466 e. The molecule has 7 nitrogen and oxygen atoms in total. The molecule has 0 spiro atoms. The normalized spacial score (nSPS) is 17.1. The zero-order valence-electron chi connectivity index (χ0n) is 13.5. The molecule has 0 fully saturated rings. The minimum absolute atomic E-state index is 0.350. The fourth-order valence-electron chi connectivity index (χ4n) is 2.63. The van der Waals surface area contributed by atoms with Crippen molar-refractivity contribution in [3.8, 4) is 0 Å².